The fraction of sp³-hybridized carbons (Fsp3) is 0.200. The van der Waals surface area contributed by atoms with Gasteiger partial charge in [0.2, 0.25) is 0 Å². The Morgan fingerprint density at radius 1 is 1.33 bits per heavy atom. The zero-order valence-corrected chi connectivity index (χ0v) is 12.1. The Bertz CT molecular complexity index is 721. The molecule has 1 heterocycles. The Balaban J connectivity index is 2.37. The summed E-state index contributed by atoms with van der Waals surface area (Å²) in [5, 5.41) is 4.23. The number of nitrogens with one attached hydrogen (secondary N) is 1. The number of hydrogen-bond donors (Lipinski definition) is 2. The molecule has 2 rings (SSSR count). The number of nitrogen functional groups attached to an aromatic ring is 1. The summed E-state index contributed by atoms with van der Waals surface area (Å²) < 4.78 is 6.69. The van der Waals surface area contributed by atoms with E-state index >= 15 is 0 Å². The second kappa shape index (κ2) is 6.11. The first-order chi connectivity index (χ1) is 10.1. The molecule has 0 aliphatic heterocycles. The summed E-state index contributed by atoms with van der Waals surface area (Å²) in [5.41, 5.74) is 4.41. The second-order valence-corrected chi connectivity index (χ2v) is 4.38. The minimum absolute atomic E-state index is 0.390. The summed E-state index contributed by atoms with van der Waals surface area (Å²) in [6, 6.07) is 7.32. The van der Waals surface area contributed by atoms with Gasteiger partial charge in [-0.15, -0.1) is 0 Å². The second-order valence-electron chi connectivity index (χ2n) is 4.38. The molecule has 0 aliphatic rings. The van der Waals surface area contributed by atoms with Crippen LogP contribution in [0.15, 0.2) is 24.3 Å². The van der Waals surface area contributed by atoms with E-state index in [4.69, 9.17) is 10.6 Å². The van der Waals surface area contributed by atoms with Crippen LogP contribution in [0.3, 0.4) is 0 Å². The third-order valence-electron chi connectivity index (χ3n) is 3.11. The van der Waals surface area contributed by atoms with Crippen molar-refractivity contribution >= 4 is 5.91 Å². The quantitative estimate of drug-likeness (QED) is 0.369. The molecule has 108 valence electrons. The summed E-state index contributed by atoms with van der Waals surface area (Å²) in [6.07, 6.45) is 0. The number of hydrazine groups is 1. The Kier molecular flexibility index (Phi) is 4.26. The number of ether oxygens (including phenoxy) is 1. The molecule has 0 bridgehead atoms. The number of methoxy groups -OCH3 is 1. The number of nitrogens with zero attached hydrogens (tertiary/aromatic N) is 2. The van der Waals surface area contributed by atoms with Crippen LogP contribution < -0.4 is 16.0 Å². The Morgan fingerprint density at radius 2 is 2.00 bits per heavy atom. The molecule has 3 N–H and O–H groups in total. The molecule has 0 saturated heterocycles. The van der Waals surface area contributed by atoms with Gasteiger partial charge in [-0.05, 0) is 37.1 Å². The smallest absolute Gasteiger partial charge is 0.269 e. The highest BCUT2D eigenvalue weighted by atomic mass is 16.5. The van der Waals surface area contributed by atoms with Gasteiger partial charge in [0.25, 0.3) is 5.91 Å². The van der Waals surface area contributed by atoms with Crippen LogP contribution in [0.1, 0.15) is 27.3 Å². The molecule has 0 saturated carbocycles. The van der Waals surface area contributed by atoms with Gasteiger partial charge in [0, 0.05) is 18.3 Å². The van der Waals surface area contributed by atoms with Crippen molar-refractivity contribution < 1.29 is 9.53 Å². The molecule has 0 spiro atoms. The first-order valence-electron chi connectivity index (χ1n) is 6.27. The average molecular weight is 284 g/mol. The molecule has 0 fully saturated rings. The van der Waals surface area contributed by atoms with E-state index in [9.17, 15) is 4.79 Å². The minimum Gasteiger partial charge on any atom is -0.497 e. The standard InChI is InChI=1S/C15H16N4O2/c1-10-14(15(20)17-16)13(18-19(10)2)9-6-11-4-7-12(21-3)8-5-11/h4-5,7-8H,16H2,1-3H3,(H,17,20). The number of carbonyl (C=O) groups excluding carboxylic acids is 1. The van der Waals surface area contributed by atoms with Gasteiger partial charge in [-0.25, -0.2) is 5.84 Å². The highest BCUT2D eigenvalue weighted by Gasteiger charge is 2.17. The summed E-state index contributed by atoms with van der Waals surface area (Å²) in [7, 11) is 3.36. The maximum Gasteiger partial charge on any atom is 0.269 e. The zero-order chi connectivity index (χ0) is 15.4. The van der Waals surface area contributed by atoms with E-state index in [2.05, 4.69) is 22.4 Å². The fourth-order valence-corrected chi connectivity index (χ4v) is 1.85. The van der Waals surface area contributed by atoms with Gasteiger partial charge in [-0.3, -0.25) is 14.9 Å². The summed E-state index contributed by atoms with van der Waals surface area (Å²) >= 11 is 0. The number of carbonyl (C=O) groups is 1. The van der Waals surface area contributed by atoms with Crippen LogP contribution in [0.4, 0.5) is 0 Å². The Morgan fingerprint density at radius 3 is 2.57 bits per heavy atom. The SMILES string of the molecule is COc1ccc(C#Cc2nn(C)c(C)c2C(=O)NN)cc1. The third-order valence-corrected chi connectivity index (χ3v) is 3.11. The van der Waals surface area contributed by atoms with E-state index in [0.29, 0.717) is 17.0 Å². The van der Waals surface area contributed by atoms with Crippen LogP contribution >= 0.6 is 0 Å². The molecule has 0 radical (unpaired) electrons. The van der Waals surface area contributed by atoms with Gasteiger partial charge in [-0.1, -0.05) is 5.92 Å². The van der Waals surface area contributed by atoms with Gasteiger partial charge in [-0.2, -0.15) is 5.10 Å². The van der Waals surface area contributed by atoms with Crippen LogP contribution in [0, 0.1) is 18.8 Å². The minimum atomic E-state index is -0.403. The van der Waals surface area contributed by atoms with Gasteiger partial charge in [0.15, 0.2) is 0 Å². The summed E-state index contributed by atoms with van der Waals surface area (Å²) in [6.45, 7) is 1.79. The maximum absolute atomic E-state index is 11.8. The van der Waals surface area contributed by atoms with Crippen LogP contribution in [0.2, 0.25) is 0 Å². The zero-order valence-electron chi connectivity index (χ0n) is 12.1. The number of amides is 1. The molecular weight excluding hydrogens is 268 g/mol. The molecule has 1 amide bonds. The lowest BCUT2D eigenvalue weighted by atomic mass is 10.1. The Labute approximate surface area is 122 Å². The van der Waals surface area contributed by atoms with Crippen molar-refractivity contribution in [3.63, 3.8) is 0 Å². The molecule has 1 aromatic carbocycles. The van der Waals surface area contributed by atoms with Crippen LogP contribution in [0.5, 0.6) is 5.75 Å². The first kappa shape index (κ1) is 14.6. The topological polar surface area (TPSA) is 82.2 Å². The molecule has 0 aliphatic carbocycles. The van der Waals surface area contributed by atoms with E-state index in [1.807, 2.05) is 24.3 Å². The average Bonchev–Trinajstić information content (AvgIpc) is 2.80. The lowest BCUT2D eigenvalue weighted by Crippen LogP contribution is -2.30. The predicted octanol–water partition coefficient (Wildman–Crippen LogP) is 0.740. The largest absolute Gasteiger partial charge is 0.497 e. The predicted molar refractivity (Wildman–Crippen MR) is 78.6 cm³/mol. The molecule has 2 aromatic rings. The first-order valence-corrected chi connectivity index (χ1v) is 6.27. The normalized spacial score (nSPS) is 9.71. The van der Waals surface area contributed by atoms with E-state index in [1.165, 1.54) is 0 Å². The van der Waals surface area contributed by atoms with E-state index in [1.54, 1.807) is 25.8 Å². The van der Waals surface area contributed by atoms with Crippen molar-refractivity contribution in [3.05, 3.63) is 46.8 Å². The summed E-state index contributed by atoms with van der Waals surface area (Å²) in [5.74, 6) is 11.4. The van der Waals surface area contributed by atoms with Crippen LogP contribution in [-0.4, -0.2) is 22.8 Å². The van der Waals surface area contributed by atoms with Gasteiger partial charge < -0.3 is 4.74 Å². The van der Waals surface area contributed by atoms with Crippen LogP contribution in [0.25, 0.3) is 0 Å². The number of benzene rings is 1. The van der Waals surface area contributed by atoms with E-state index in [0.717, 1.165) is 11.3 Å². The third kappa shape index (κ3) is 3.04. The van der Waals surface area contributed by atoms with Crippen molar-refractivity contribution in [2.24, 2.45) is 12.9 Å². The van der Waals surface area contributed by atoms with Crippen LogP contribution in [-0.2, 0) is 7.05 Å². The van der Waals surface area contributed by atoms with Crippen molar-refractivity contribution in [1.29, 1.82) is 0 Å². The molecule has 6 heteroatoms. The lowest BCUT2D eigenvalue weighted by molar-refractivity contribution is 0.0952. The van der Waals surface area contributed by atoms with Crippen molar-refractivity contribution in [2.45, 2.75) is 6.92 Å². The Hall–Kier alpha value is -2.78. The molecule has 0 atom stereocenters. The number of aromatic nitrogens is 2. The highest BCUT2D eigenvalue weighted by molar-refractivity contribution is 5.97. The lowest BCUT2D eigenvalue weighted by Gasteiger charge is -1.98. The monoisotopic (exact) mass is 284 g/mol. The molecular formula is C15H16N4O2. The number of aryl methyl sites for hydroxylation is 1. The molecule has 21 heavy (non-hydrogen) atoms. The van der Waals surface area contributed by atoms with E-state index in [-0.39, 0.29) is 0 Å². The molecule has 0 unspecified atom stereocenters. The fourth-order valence-electron chi connectivity index (χ4n) is 1.85. The van der Waals surface area contributed by atoms with Gasteiger partial charge in [0.1, 0.15) is 11.4 Å². The van der Waals surface area contributed by atoms with Gasteiger partial charge in [0.05, 0.1) is 12.7 Å². The number of hydrogen-bond acceptors (Lipinski definition) is 4. The molecule has 6 nitrogen and oxygen atoms in total. The van der Waals surface area contributed by atoms with Crippen molar-refractivity contribution in [3.8, 4) is 17.6 Å². The maximum atomic E-state index is 11.8. The molecule has 1 aromatic heterocycles. The van der Waals surface area contributed by atoms with Crippen molar-refractivity contribution in [2.75, 3.05) is 7.11 Å². The van der Waals surface area contributed by atoms with E-state index < -0.39 is 5.91 Å². The number of nitrogens with two attached hydrogens (primary N) is 1. The highest BCUT2D eigenvalue weighted by Crippen LogP contribution is 2.13. The number of rotatable bonds is 2. The van der Waals surface area contributed by atoms with Gasteiger partial charge >= 0.3 is 0 Å². The summed E-state index contributed by atoms with van der Waals surface area (Å²) in [4.78, 5) is 11.8. The van der Waals surface area contributed by atoms with Crippen molar-refractivity contribution in [1.82, 2.24) is 15.2 Å².